The number of anilines is 1. The van der Waals surface area contributed by atoms with Crippen molar-refractivity contribution in [2.45, 2.75) is 49.5 Å². The van der Waals surface area contributed by atoms with Crippen LogP contribution in [0.25, 0.3) is 6.08 Å². The normalized spacial score (nSPS) is 16.8. The van der Waals surface area contributed by atoms with Gasteiger partial charge in [0.05, 0.1) is 22.7 Å². The maximum atomic E-state index is 13.5. The first-order valence-electron chi connectivity index (χ1n) is 14.3. The van der Waals surface area contributed by atoms with Crippen LogP contribution in [0.4, 0.5) is 36.3 Å². The first-order valence-corrected chi connectivity index (χ1v) is 15.2. The average molecular weight is 652 g/mol. The van der Waals surface area contributed by atoms with Crippen LogP contribution < -0.4 is 16.0 Å². The Bertz CT molecular complexity index is 1540. The molecule has 2 aromatic carbocycles. The Hall–Kier alpha value is -3.91. The first kappa shape index (κ1) is 32.5. The molecular formula is C31H31F6N5O2S. The van der Waals surface area contributed by atoms with E-state index in [9.17, 15) is 35.9 Å². The van der Waals surface area contributed by atoms with Crippen LogP contribution in [0.3, 0.4) is 0 Å². The standard InChI is InChI=1S/C31H31F6N5O2S/c1-38-27(44)41-28-40-25(18-45-28)23(7-11-42-12-9-29(10-13-42)8-6-20-4-2-3-5-24(20)29)26(43)39-17-19-14-21(30(32,33)34)16-22(15-19)31(35,36)37/h2-6,8,14-16,18,23H,7,9-13,17H2,1H3,(H,39,43)(H2,38,40,41,44)/t23-/m1/s1. The van der Waals surface area contributed by atoms with Gasteiger partial charge in [-0.25, -0.2) is 9.78 Å². The summed E-state index contributed by atoms with van der Waals surface area (Å²) < 4.78 is 80.1. The molecule has 1 aliphatic heterocycles. The van der Waals surface area contributed by atoms with Gasteiger partial charge in [-0.2, -0.15) is 26.3 Å². The number of hydrogen-bond donors (Lipinski definition) is 3. The molecule has 2 heterocycles. The van der Waals surface area contributed by atoms with E-state index in [1.807, 2.05) is 12.1 Å². The number of amides is 3. The van der Waals surface area contributed by atoms with Gasteiger partial charge in [-0.1, -0.05) is 36.4 Å². The summed E-state index contributed by atoms with van der Waals surface area (Å²) in [4.78, 5) is 31.8. The number of alkyl halides is 6. The molecule has 1 atom stereocenters. The van der Waals surface area contributed by atoms with Crippen molar-refractivity contribution in [1.29, 1.82) is 0 Å². The number of likely N-dealkylation sites (tertiary alicyclic amines) is 1. The molecule has 3 aromatic rings. The fourth-order valence-corrected chi connectivity index (χ4v) is 6.63. The summed E-state index contributed by atoms with van der Waals surface area (Å²) >= 11 is 1.10. The zero-order valence-electron chi connectivity index (χ0n) is 24.2. The van der Waals surface area contributed by atoms with Crippen LogP contribution in [0, 0.1) is 0 Å². The van der Waals surface area contributed by atoms with Gasteiger partial charge < -0.3 is 15.5 Å². The molecule has 45 heavy (non-hydrogen) atoms. The molecule has 5 rings (SSSR count). The number of carbonyl (C=O) groups is 2. The second-order valence-electron chi connectivity index (χ2n) is 11.2. The van der Waals surface area contributed by atoms with Gasteiger partial charge in [0.1, 0.15) is 0 Å². The maximum absolute atomic E-state index is 13.5. The van der Waals surface area contributed by atoms with Gasteiger partial charge in [0.15, 0.2) is 5.13 Å². The highest BCUT2D eigenvalue weighted by atomic mass is 32.1. The number of fused-ring (bicyclic) bond motifs is 2. The topological polar surface area (TPSA) is 86.4 Å². The van der Waals surface area contributed by atoms with E-state index < -0.39 is 47.9 Å². The number of benzene rings is 2. The molecule has 1 aliphatic carbocycles. The largest absolute Gasteiger partial charge is 0.416 e. The molecule has 1 aromatic heterocycles. The number of nitrogens with zero attached hydrogens (tertiary/aromatic N) is 2. The number of hydrogen-bond acceptors (Lipinski definition) is 5. The highest BCUT2D eigenvalue weighted by molar-refractivity contribution is 7.14. The van der Waals surface area contributed by atoms with E-state index >= 15 is 0 Å². The van der Waals surface area contributed by atoms with Crippen molar-refractivity contribution < 1.29 is 35.9 Å². The molecule has 7 nitrogen and oxygen atoms in total. The quantitative estimate of drug-likeness (QED) is 0.235. The van der Waals surface area contributed by atoms with Crippen LogP contribution in [0.5, 0.6) is 0 Å². The SMILES string of the molecule is CNC(=O)Nc1nc([C@@H](CCN2CCC3(C=Cc4ccccc43)CC2)C(=O)NCc2cc(C(F)(F)F)cc(C(F)(F)F)c2)cs1. The molecule has 0 unspecified atom stereocenters. The minimum Gasteiger partial charge on any atom is -0.351 e. The van der Waals surface area contributed by atoms with Crippen LogP contribution >= 0.6 is 11.3 Å². The van der Waals surface area contributed by atoms with E-state index in [0.29, 0.717) is 30.8 Å². The highest BCUT2D eigenvalue weighted by Gasteiger charge is 2.39. The Labute approximate surface area is 259 Å². The minimum atomic E-state index is -5.00. The number of rotatable bonds is 8. The molecule has 14 heteroatoms. The van der Waals surface area contributed by atoms with E-state index in [2.05, 4.69) is 50.1 Å². The fourth-order valence-electron chi connectivity index (χ4n) is 5.87. The summed E-state index contributed by atoms with van der Waals surface area (Å²) in [6.07, 6.45) is -3.50. The molecule has 0 saturated carbocycles. The number of aromatic nitrogens is 1. The van der Waals surface area contributed by atoms with Gasteiger partial charge in [0.2, 0.25) is 5.91 Å². The molecule has 2 aliphatic rings. The number of urea groups is 1. The summed E-state index contributed by atoms with van der Waals surface area (Å²) in [7, 11) is 1.43. The van der Waals surface area contributed by atoms with E-state index in [0.717, 1.165) is 37.3 Å². The molecule has 1 fully saturated rings. The van der Waals surface area contributed by atoms with Gasteiger partial charge in [-0.15, -0.1) is 11.3 Å². The van der Waals surface area contributed by atoms with Crippen molar-refractivity contribution in [3.05, 3.63) is 87.4 Å². The molecule has 1 spiro atoms. The fraction of sp³-hybridized carbons (Fsp3) is 0.387. The lowest BCUT2D eigenvalue weighted by atomic mass is 9.74. The highest BCUT2D eigenvalue weighted by Crippen LogP contribution is 2.44. The van der Waals surface area contributed by atoms with Gasteiger partial charge >= 0.3 is 18.4 Å². The van der Waals surface area contributed by atoms with Gasteiger partial charge in [-0.05, 0) is 73.8 Å². The number of carbonyl (C=O) groups excluding carboxylic acids is 2. The Morgan fingerprint density at radius 1 is 1.02 bits per heavy atom. The average Bonchev–Trinajstić information content (AvgIpc) is 3.61. The number of halogens is 6. The third-order valence-corrected chi connectivity index (χ3v) is 9.09. The van der Waals surface area contributed by atoms with Gasteiger partial charge in [0.25, 0.3) is 0 Å². The van der Waals surface area contributed by atoms with Crippen LogP contribution in [-0.4, -0.2) is 48.5 Å². The lowest BCUT2D eigenvalue weighted by Gasteiger charge is -2.39. The lowest BCUT2D eigenvalue weighted by molar-refractivity contribution is -0.143. The maximum Gasteiger partial charge on any atom is 0.416 e. The first-order chi connectivity index (χ1) is 21.3. The van der Waals surface area contributed by atoms with Crippen LogP contribution in [0.1, 0.15) is 58.7 Å². The lowest BCUT2D eigenvalue weighted by Crippen LogP contribution is -2.42. The monoisotopic (exact) mass is 651 g/mol. The van der Waals surface area contributed by atoms with Crippen molar-refractivity contribution >= 4 is 34.5 Å². The Kier molecular flexibility index (Phi) is 9.26. The summed E-state index contributed by atoms with van der Waals surface area (Å²) in [6.45, 7) is 1.51. The van der Waals surface area contributed by atoms with Gasteiger partial charge in [0, 0.05) is 24.4 Å². The zero-order chi connectivity index (χ0) is 32.4. The third kappa shape index (κ3) is 7.50. The Morgan fingerprint density at radius 3 is 2.33 bits per heavy atom. The van der Waals surface area contributed by atoms with Gasteiger partial charge in [-0.3, -0.25) is 10.1 Å². The second kappa shape index (κ2) is 12.8. The number of allylic oxidation sites excluding steroid dienone is 1. The molecule has 1 saturated heterocycles. The van der Waals surface area contributed by atoms with Crippen LogP contribution in [0.2, 0.25) is 0 Å². The summed E-state index contributed by atoms with van der Waals surface area (Å²) in [5.41, 5.74) is -0.408. The second-order valence-corrected chi connectivity index (χ2v) is 12.0. The molecular weight excluding hydrogens is 620 g/mol. The van der Waals surface area contributed by atoms with E-state index in [-0.39, 0.29) is 22.2 Å². The molecule has 0 bridgehead atoms. The zero-order valence-corrected chi connectivity index (χ0v) is 25.0. The predicted molar refractivity (Wildman–Crippen MR) is 159 cm³/mol. The summed E-state index contributed by atoms with van der Waals surface area (Å²) in [6, 6.07) is 9.03. The molecule has 3 amide bonds. The van der Waals surface area contributed by atoms with Crippen molar-refractivity contribution in [2.24, 2.45) is 0 Å². The molecule has 3 N–H and O–H groups in total. The summed E-state index contributed by atoms with van der Waals surface area (Å²) in [5, 5.41) is 9.31. The molecule has 0 radical (unpaired) electrons. The number of nitrogens with one attached hydrogen (secondary N) is 3. The van der Waals surface area contributed by atoms with Crippen molar-refractivity contribution in [1.82, 2.24) is 20.5 Å². The van der Waals surface area contributed by atoms with Crippen molar-refractivity contribution in [3.8, 4) is 0 Å². The van der Waals surface area contributed by atoms with Crippen molar-refractivity contribution in [2.75, 3.05) is 32.0 Å². The minimum absolute atomic E-state index is 0.0283. The smallest absolute Gasteiger partial charge is 0.351 e. The Balaban J connectivity index is 1.29. The van der Waals surface area contributed by atoms with E-state index in [1.54, 1.807) is 5.38 Å². The third-order valence-electron chi connectivity index (χ3n) is 8.32. The van der Waals surface area contributed by atoms with E-state index in [4.69, 9.17) is 0 Å². The Morgan fingerprint density at radius 2 is 1.69 bits per heavy atom. The van der Waals surface area contributed by atoms with Crippen LogP contribution in [0.15, 0.2) is 53.9 Å². The number of piperidine rings is 1. The van der Waals surface area contributed by atoms with E-state index in [1.165, 1.54) is 18.2 Å². The number of thiazole rings is 1. The van der Waals surface area contributed by atoms with Crippen molar-refractivity contribution in [3.63, 3.8) is 0 Å². The summed E-state index contributed by atoms with van der Waals surface area (Å²) in [5.74, 6) is -1.46. The molecule has 240 valence electrons. The predicted octanol–water partition coefficient (Wildman–Crippen LogP) is 6.78. The van der Waals surface area contributed by atoms with Crippen LogP contribution in [-0.2, 0) is 29.1 Å².